The first-order valence-electron chi connectivity index (χ1n) is 5.19. The molecule has 88 valence electrons. The number of carbonyl (C=O) groups excluding carboxylic acids is 1. The van der Waals surface area contributed by atoms with Crippen molar-refractivity contribution in [2.75, 3.05) is 7.05 Å². The molecule has 0 bridgehead atoms. The van der Waals surface area contributed by atoms with Gasteiger partial charge in [0.2, 0.25) is 0 Å². The van der Waals surface area contributed by atoms with Crippen molar-refractivity contribution >= 4 is 21.8 Å². The summed E-state index contributed by atoms with van der Waals surface area (Å²) in [6.07, 6.45) is 1.75. The van der Waals surface area contributed by atoms with E-state index in [2.05, 4.69) is 28.2 Å². The Balaban J connectivity index is 2.78. The molecular weight excluding hydrogens is 273 g/mol. The van der Waals surface area contributed by atoms with Gasteiger partial charge in [-0.15, -0.1) is 0 Å². The van der Waals surface area contributed by atoms with Crippen LogP contribution in [-0.4, -0.2) is 17.8 Å². The van der Waals surface area contributed by atoms with Crippen molar-refractivity contribution in [2.24, 2.45) is 0 Å². The average Bonchev–Trinajstić information content (AvgIpc) is 2.25. The fourth-order valence-corrected chi connectivity index (χ4v) is 1.63. The number of halogens is 2. The van der Waals surface area contributed by atoms with E-state index in [9.17, 15) is 9.18 Å². The highest BCUT2D eigenvalue weighted by molar-refractivity contribution is 9.09. The minimum absolute atomic E-state index is 0.0955. The Morgan fingerprint density at radius 3 is 2.75 bits per heavy atom. The van der Waals surface area contributed by atoms with E-state index in [1.165, 1.54) is 19.2 Å². The van der Waals surface area contributed by atoms with Crippen molar-refractivity contribution in [2.45, 2.75) is 24.6 Å². The van der Waals surface area contributed by atoms with Crippen LogP contribution in [0.2, 0.25) is 0 Å². The number of amides is 1. The van der Waals surface area contributed by atoms with Gasteiger partial charge in [0, 0.05) is 11.9 Å². The third-order valence-electron chi connectivity index (χ3n) is 2.34. The van der Waals surface area contributed by atoms with Crippen LogP contribution < -0.4 is 5.32 Å². The van der Waals surface area contributed by atoms with Crippen molar-refractivity contribution in [3.05, 3.63) is 35.1 Å². The predicted molar refractivity (Wildman–Crippen MR) is 66.5 cm³/mol. The molecule has 0 spiro atoms. The van der Waals surface area contributed by atoms with Gasteiger partial charge in [-0.3, -0.25) is 4.79 Å². The molecule has 0 saturated carbocycles. The molecule has 0 saturated heterocycles. The quantitative estimate of drug-likeness (QED) is 0.848. The van der Waals surface area contributed by atoms with Crippen LogP contribution in [0.5, 0.6) is 0 Å². The summed E-state index contributed by atoms with van der Waals surface area (Å²) in [7, 11) is 1.49. The second kappa shape index (κ2) is 5.99. The standard InChI is InChI=1S/C12H15BrFNO/c1-8(13)3-4-9-5-6-10(11(14)7-9)12(16)15-2/h5-8H,3-4H2,1-2H3,(H,15,16). The molecule has 4 heteroatoms. The predicted octanol–water partition coefficient (Wildman–Crippen LogP) is 2.90. The zero-order valence-corrected chi connectivity index (χ0v) is 11.0. The third kappa shape index (κ3) is 3.59. The van der Waals surface area contributed by atoms with Crippen LogP contribution in [0.25, 0.3) is 0 Å². The third-order valence-corrected chi connectivity index (χ3v) is 2.79. The smallest absolute Gasteiger partial charge is 0.253 e. The fraction of sp³-hybridized carbons (Fsp3) is 0.417. The zero-order valence-electron chi connectivity index (χ0n) is 9.39. The minimum atomic E-state index is -0.459. The number of carbonyl (C=O) groups is 1. The molecule has 1 N–H and O–H groups in total. The van der Waals surface area contributed by atoms with Crippen LogP contribution in [0.15, 0.2) is 18.2 Å². The Hall–Kier alpha value is -0.900. The Bertz CT molecular complexity index is 379. The number of hydrogen-bond acceptors (Lipinski definition) is 1. The van der Waals surface area contributed by atoms with Gasteiger partial charge >= 0.3 is 0 Å². The highest BCUT2D eigenvalue weighted by atomic mass is 79.9. The van der Waals surface area contributed by atoms with Crippen molar-refractivity contribution < 1.29 is 9.18 Å². The van der Waals surface area contributed by atoms with E-state index >= 15 is 0 Å². The SMILES string of the molecule is CNC(=O)c1ccc(CCC(C)Br)cc1F. The van der Waals surface area contributed by atoms with Gasteiger partial charge in [-0.1, -0.05) is 28.9 Å². The fourth-order valence-electron chi connectivity index (χ4n) is 1.40. The highest BCUT2D eigenvalue weighted by Crippen LogP contribution is 2.14. The molecule has 0 aromatic heterocycles. The molecule has 0 aliphatic heterocycles. The molecule has 0 radical (unpaired) electrons. The number of hydrogen-bond donors (Lipinski definition) is 1. The van der Waals surface area contributed by atoms with Gasteiger partial charge in [-0.05, 0) is 30.5 Å². The van der Waals surface area contributed by atoms with Gasteiger partial charge < -0.3 is 5.32 Å². The molecule has 0 heterocycles. The molecule has 1 atom stereocenters. The summed E-state index contributed by atoms with van der Waals surface area (Å²) >= 11 is 3.44. The molecule has 1 amide bonds. The second-order valence-electron chi connectivity index (χ2n) is 3.71. The lowest BCUT2D eigenvalue weighted by molar-refractivity contribution is 0.0959. The Morgan fingerprint density at radius 1 is 1.56 bits per heavy atom. The van der Waals surface area contributed by atoms with E-state index in [1.54, 1.807) is 6.07 Å². The van der Waals surface area contributed by atoms with Gasteiger partial charge in [0.15, 0.2) is 0 Å². The van der Waals surface area contributed by atoms with Gasteiger partial charge in [0.1, 0.15) is 5.82 Å². The topological polar surface area (TPSA) is 29.1 Å². The number of rotatable bonds is 4. The van der Waals surface area contributed by atoms with E-state index in [0.717, 1.165) is 18.4 Å². The normalized spacial score (nSPS) is 12.2. The molecule has 2 nitrogen and oxygen atoms in total. The summed E-state index contributed by atoms with van der Waals surface area (Å²) in [5.41, 5.74) is 1.01. The molecule has 0 aliphatic rings. The van der Waals surface area contributed by atoms with Crippen molar-refractivity contribution in [3.8, 4) is 0 Å². The number of aryl methyl sites for hydroxylation is 1. The molecule has 1 aromatic carbocycles. The number of benzene rings is 1. The number of nitrogens with one attached hydrogen (secondary N) is 1. The first kappa shape index (κ1) is 13.2. The molecule has 1 rings (SSSR count). The molecule has 1 unspecified atom stereocenters. The molecule has 0 fully saturated rings. The minimum Gasteiger partial charge on any atom is -0.355 e. The summed E-state index contributed by atoms with van der Waals surface area (Å²) in [5.74, 6) is -0.850. The lowest BCUT2D eigenvalue weighted by atomic mass is 10.1. The van der Waals surface area contributed by atoms with E-state index in [-0.39, 0.29) is 5.56 Å². The van der Waals surface area contributed by atoms with Crippen molar-refractivity contribution in [1.29, 1.82) is 0 Å². The maximum atomic E-state index is 13.5. The van der Waals surface area contributed by atoms with Crippen LogP contribution in [0.3, 0.4) is 0 Å². The van der Waals surface area contributed by atoms with Crippen LogP contribution in [0, 0.1) is 5.82 Å². The Labute approximate surface area is 103 Å². The van der Waals surface area contributed by atoms with Crippen molar-refractivity contribution in [1.82, 2.24) is 5.32 Å². The maximum Gasteiger partial charge on any atom is 0.253 e. The van der Waals surface area contributed by atoms with Gasteiger partial charge in [0.05, 0.1) is 5.56 Å². The summed E-state index contributed by atoms with van der Waals surface area (Å²) in [4.78, 5) is 11.7. The Kier molecular flexibility index (Phi) is 4.93. The first-order valence-corrected chi connectivity index (χ1v) is 6.10. The van der Waals surface area contributed by atoms with E-state index in [4.69, 9.17) is 0 Å². The van der Waals surface area contributed by atoms with Gasteiger partial charge in [-0.2, -0.15) is 0 Å². The second-order valence-corrected chi connectivity index (χ2v) is 5.28. The maximum absolute atomic E-state index is 13.5. The highest BCUT2D eigenvalue weighted by Gasteiger charge is 2.10. The molecule has 16 heavy (non-hydrogen) atoms. The zero-order chi connectivity index (χ0) is 12.1. The van der Waals surface area contributed by atoms with E-state index < -0.39 is 11.7 Å². The van der Waals surface area contributed by atoms with Crippen LogP contribution >= 0.6 is 15.9 Å². The summed E-state index contributed by atoms with van der Waals surface area (Å²) in [6, 6.07) is 4.76. The average molecular weight is 288 g/mol. The molecule has 0 aliphatic carbocycles. The summed E-state index contributed by atoms with van der Waals surface area (Å²) in [6.45, 7) is 2.05. The number of alkyl halides is 1. The molecular formula is C12H15BrFNO. The summed E-state index contributed by atoms with van der Waals surface area (Å²) in [5, 5.41) is 2.41. The van der Waals surface area contributed by atoms with Crippen LogP contribution in [0.4, 0.5) is 4.39 Å². The lowest BCUT2D eigenvalue weighted by Gasteiger charge is -2.06. The largest absolute Gasteiger partial charge is 0.355 e. The van der Waals surface area contributed by atoms with Crippen LogP contribution in [0.1, 0.15) is 29.3 Å². The van der Waals surface area contributed by atoms with E-state index in [0.29, 0.717) is 4.83 Å². The van der Waals surface area contributed by atoms with Gasteiger partial charge in [0.25, 0.3) is 5.91 Å². The van der Waals surface area contributed by atoms with E-state index in [1.807, 2.05) is 0 Å². The van der Waals surface area contributed by atoms with Crippen molar-refractivity contribution in [3.63, 3.8) is 0 Å². The first-order chi connectivity index (χ1) is 7.54. The van der Waals surface area contributed by atoms with Crippen LogP contribution in [-0.2, 0) is 6.42 Å². The summed E-state index contributed by atoms with van der Waals surface area (Å²) < 4.78 is 13.5. The Morgan fingerprint density at radius 2 is 2.25 bits per heavy atom. The van der Waals surface area contributed by atoms with Gasteiger partial charge in [-0.25, -0.2) is 4.39 Å². The molecule has 1 aromatic rings. The monoisotopic (exact) mass is 287 g/mol. The lowest BCUT2D eigenvalue weighted by Crippen LogP contribution is -2.19.